The summed E-state index contributed by atoms with van der Waals surface area (Å²) in [5, 5.41) is 9.91. The molecule has 1 saturated heterocycles. The van der Waals surface area contributed by atoms with Crippen LogP contribution in [0.25, 0.3) is 10.9 Å². The number of primary amides is 1. The Morgan fingerprint density at radius 2 is 1.44 bits per heavy atom. The van der Waals surface area contributed by atoms with E-state index in [-0.39, 0.29) is 37.0 Å². The normalized spacial score (nSPS) is 18.9. The Morgan fingerprint density at radius 1 is 0.794 bits per heavy atom. The molecule has 2 aromatic carbocycles. The highest BCUT2D eigenvalue weighted by atomic mass is 16.5. The fourth-order valence-corrected chi connectivity index (χ4v) is 9.93. The summed E-state index contributed by atoms with van der Waals surface area (Å²) in [6.45, 7) is 9.05. The van der Waals surface area contributed by atoms with Gasteiger partial charge in [0.25, 0.3) is 5.91 Å². The van der Waals surface area contributed by atoms with Gasteiger partial charge in [-0.1, -0.05) is 144 Å². The summed E-state index contributed by atoms with van der Waals surface area (Å²) in [5.74, 6) is -1.67. The minimum atomic E-state index is -1.35. The van der Waals surface area contributed by atoms with Crippen LogP contribution in [0.2, 0.25) is 0 Å². The van der Waals surface area contributed by atoms with Crippen molar-refractivity contribution in [3.63, 3.8) is 0 Å². The van der Waals surface area contributed by atoms with E-state index in [2.05, 4.69) is 44.9 Å². The first-order valence-electron chi connectivity index (χ1n) is 26.0. The first kappa shape index (κ1) is 53.8. The zero-order valence-corrected chi connectivity index (χ0v) is 41.7. The van der Waals surface area contributed by atoms with Crippen LogP contribution in [-0.4, -0.2) is 82.3 Å². The second-order valence-electron chi connectivity index (χ2n) is 20.5. The van der Waals surface area contributed by atoms with Crippen molar-refractivity contribution in [3.8, 4) is 0 Å². The molecule has 68 heavy (non-hydrogen) atoms. The standard InChI is InChI=1S/C56H82N6O6/c1-5-6-7-8-9-10-11-12-13-14-15-16-17-18-22-33-52(64)68-50(40-62-39-44-31-24-23-30-43(44)37-49(62)55(67)61-56(2,3)4)47(36-41-27-20-19-21-28-41)59-54(66)48(38-51(57)63)60-53(65)46-35-34-42-29-25-26-32-45(42)58-46/h12-13,19-21,25-29,32,34-35,43-44,47-50H,5-11,14-18,22-24,30-31,33,36-40H2,1-4H3,(H2,57,63)(H,59,66)(H,60,65)(H,61,67)/b13-12-/t43-,44+,47-,48-,49-,50+/m0/s1. The molecule has 2 heterocycles. The van der Waals surface area contributed by atoms with Crippen molar-refractivity contribution in [2.75, 3.05) is 13.1 Å². The van der Waals surface area contributed by atoms with Gasteiger partial charge in [0, 0.05) is 30.4 Å². The van der Waals surface area contributed by atoms with E-state index in [1.54, 1.807) is 18.2 Å². The molecular formula is C56H82N6O6. The summed E-state index contributed by atoms with van der Waals surface area (Å²) >= 11 is 0. The van der Waals surface area contributed by atoms with Gasteiger partial charge in [0.1, 0.15) is 17.8 Å². The fourth-order valence-electron chi connectivity index (χ4n) is 9.93. The van der Waals surface area contributed by atoms with Crippen LogP contribution in [-0.2, 0) is 30.3 Å². The van der Waals surface area contributed by atoms with Crippen molar-refractivity contribution >= 4 is 40.5 Å². The lowest BCUT2D eigenvalue weighted by atomic mass is 9.72. The number of rotatable bonds is 28. The summed E-state index contributed by atoms with van der Waals surface area (Å²) in [6.07, 6.45) is 23.9. The predicted molar refractivity (Wildman–Crippen MR) is 272 cm³/mol. The van der Waals surface area contributed by atoms with Crippen molar-refractivity contribution in [3.05, 3.63) is 90.1 Å². The third-order valence-corrected chi connectivity index (χ3v) is 13.6. The number of carbonyl (C=O) groups excluding carboxylic acids is 5. The average Bonchev–Trinajstić information content (AvgIpc) is 3.31. The zero-order chi connectivity index (χ0) is 48.7. The van der Waals surface area contributed by atoms with Crippen LogP contribution in [0.15, 0.2) is 78.9 Å². The molecule has 0 unspecified atom stereocenters. The molecule has 4 amide bonds. The number of ether oxygens (including phenoxy) is 1. The number of piperidine rings is 1. The van der Waals surface area contributed by atoms with E-state index >= 15 is 0 Å². The lowest BCUT2D eigenvalue weighted by Crippen LogP contribution is -2.61. The van der Waals surface area contributed by atoms with Gasteiger partial charge in [-0.15, -0.1) is 0 Å². The number of fused-ring (bicyclic) bond motifs is 2. The van der Waals surface area contributed by atoms with Crippen molar-refractivity contribution in [1.82, 2.24) is 25.8 Å². The Balaban J connectivity index is 1.32. The van der Waals surface area contributed by atoms with E-state index in [1.807, 2.05) is 69.3 Å². The number of unbranched alkanes of at least 4 members (excludes halogenated alkanes) is 11. The number of esters is 1. The Bertz CT molecular complexity index is 2070. The van der Waals surface area contributed by atoms with E-state index in [1.165, 1.54) is 38.5 Å². The van der Waals surface area contributed by atoms with Crippen molar-refractivity contribution in [2.24, 2.45) is 17.6 Å². The molecule has 12 nitrogen and oxygen atoms in total. The number of likely N-dealkylation sites (tertiary alicyclic amines) is 1. The maximum Gasteiger partial charge on any atom is 0.306 e. The molecule has 0 bridgehead atoms. The second kappa shape index (κ2) is 28.4. The van der Waals surface area contributed by atoms with Crippen LogP contribution in [0.1, 0.15) is 172 Å². The van der Waals surface area contributed by atoms with Gasteiger partial charge in [-0.25, -0.2) is 4.98 Å². The summed E-state index contributed by atoms with van der Waals surface area (Å²) in [5.41, 5.74) is 6.82. The van der Waals surface area contributed by atoms with E-state index in [4.69, 9.17) is 10.5 Å². The Labute approximate surface area is 406 Å². The Kier molecular flexibility index (Phi) is 22.5. The third kappa shape index (κ3) is 18.8. The minimum absolute atomic E-state index is 0.0601. The molecule has 2 aliphatic rings. The molecule has 1 aliphatic heterocycles. The lowest BCUT2D eigenvalue weighted by molar-refractivity contribution is -0.154. The number of nitrogens with zero attached hydrogens (tertiary/aromatic N) is 2. The summed E-state index contributed by atoms with van der Waals surface area (Å²) < 4.78 is 6.50. The second-order valence-corrected chi connectivity index (χ2v) is 20.5. The van der Waals surface area contributed by atoms with Crippen LogP contribution in [0.5, 0.6) is 0 Å². The molecule has 5 N–H and O–H groups in total. The van der Waals surface area contributed by atoms with Crippen molar-refractivity contribution in [1.29, 1.82) is 0 Å². The van der Waals surface area contributed by atoms with Crippen LogP contribution < -0.4 is 21.7 Å². The quantitative estimate of drug-likeness (QED) is 0.0317. The molecule has 3 aromatic rings. The number of amides is 4. The molecule has 2 fully saturated rings. The van der Waals surface area contributed by atoms with Crippen LogP contribution >= 0.6 is 0 Å². The number of carbonyl (C=O) groups is 5. The Morgan fingerprint density at radius 3 is 2.13 bits per heavy atom. The Hall–Kier alpha value is -5.10. The number of para-hydroxylation sites is 1. The number of nitrogens with one attached hydrogen (secondary N) is 3. The summed E-state index contributed by atoms with van der Waals surface area (Å²) in [4.78, 5) is 75.5. The number of allylic oxidation sites excluding steroid dienone is 2. The van der Waals surface area contributed by atoms with Gasteiger partial charge in [0.15, 0.2) is 0 Å². The molecule has 0 radical (unpaired) electrons. The number of pyridine rings is 1. The van der Waals surface area contributed by atoms with Crippen LogP contribution in [0.3, 0.4) is 0 Å². The molecule has 372 valence electrons. The monoisotopic (exact) mass is 935 g/mol. The van der Waals surface area contributed by atoms with Gasteiger partial charge in [-0.05, 0) is 102 Å². The average molecular weight is 935 g/mol. The summed E-state index contributed by atoms with van der Waals surface area (Å²) in [7, 11) is 0. The first-order chi connectivity index (χ1) is 32.8. The summed E-state index contributed by atoms with van der Waals surface area (Å²) in [6, 6.07) is 17.8. The van der Waals surface area contributed by atoms with Gasteiger partial charge in [-0.2, -0.15) is 0 Å². The van der Waals surface area contributed by atoms with Gasteiger partial charge in [0.05, 0.1) is 24.0 Å². The highest BCUT2D eigenvalue weighted by Gasteiger charge is 2.43. The smallest absolute Gasteiger partial charge is 0.306 e. The molecule has 1 aliphatic carbocycles. The van der Waals surface area contributed by atoms with E-state index in [0.29, 0.717) is 36.7 Å². The fraction of sp³-hybridized carbons (Fsp3) is 0.607. The molecule has 1 saturated carbocycles. The van der Waals surface area contributed by atoms with Crippen LogP contribution in [0.4, 0.5) is 0 Å². The SMILES string of the molecule is CCCCCCCC/C=C\CCCCCCCC(=O)O[C@H](CN1C[C@H]2CCCC[C@H]2C[C@H]1C(=O)NC(C)(C)C)[C@H](Cc1ccccc1)NC(=O)[C@H](CC(N)=O)NC(=O)c1ccc2ccccc2n1. The number of hydrogen-bond donors (Lipinski definition) is 4. The number of hydrogen-bond acceptors (Lipinski definition) is 8. The number of nitrogens with two attached hydrogens (primary N) is 1. The van der Waals surface area contributed by atoms with Crippen molar-refractivity contribution in [2.45, 2.75) is 192 Å². The maximum absolute atomic E-state index is 14.5. The molecule has 0 spiro atoms. The topological polar surface area (TPSA) is 173 Å². The first-order valence-corrected chi connectivity index (χ1v) is 26.0. The molecule has 6 atom stereocenters. The van der Waals surface area contributed by atoms with Gasteiger partial charge >= 0.3 is 5.97 Å². The molecular weight excluding hydrogens is 853 g/mol. The number of benzene rings is 2. The predicted octanol–water partition coefficient (Wildman–Crippen LogP) is 9.68. The highest BCUT2D eigenvalue weighted by Crippen LogP contribution is 2.39. The highest BCUT2D eigenvalue weighted by molar-refractivity contribution is 5.99. The van der Waals surface area contributed by atoms with Gasteiger partial charge in [-0.3, -0.25) is 28.9 Å². The zero-order valence-electron chi connectivity index (χ0n) is 41.7. The lowest BCUT2D eigenvalue weighted by Gasteiger charge is -2.47. The van der Waals surface area contributed by atoms with Crippen molar-refractivity contribution < 1.29 is 28.7 Å². The van der Waals surface area contributed by atoms with E-state index in [9.17, 15) is 24.0 Å². The van der Waals surface area contributed by atoms with Gasteiger partial charge in [0.2, 0.25) is 17.7 Å². The molecule has 12 heteroatoms. The van der Waals surface area contributed by atoms with E-state index in [0.717, 1.165) is 75.2 Å². The maximum atomic E-state index is 14.5. The van der Waals surface area contributed by atoms with E-state index < -0.39 is 53.9 Å². The largest absolute Gasteiger partial charge is 0.459 e. The van der Waals surface area contributed by atoms with Gasteiger partial charge < -0.3 is 26.4 Å². The molecule has 1 aromatic heterocycles. The minimum Gasteiger partial charge on any atom is -0.459 e. The van der Waals surface area contributed by atoms with Crippen LogP contribution in [0, 0.1) is 11.8 Å². The number of aromatic nitrogens is 1. The third-order valence-electron chi connectivity index (χ3n) is 13.6. The molecule has 5 rings (SSSR count).